The molecule has 0 saturated carbocycles. The van der Waals surface area contributed by atoms with Crippen molar-refractivity contribution >= 4 is 12.0 Å². The van der Waals surface area contributed by atoms with Crippen LogP contribution in [0.5, 0.6) is 0 Å². The van der Waals surface area contributed by atoms with E-state index in [1.165, 1.54) is 0 Å². The lowest BCUT2D eigenvalue weighted by Gasteiger charge is -2.21. The zero-order valence-corrected chi connectivity index (χ0v) is 11.2. The van der Waals surface area contributed by atoms with Gasteiger partial charge in [0.2, 0.25) is 0 Å². The van der Waals surface area contributed by atoms with Crippen LogP contribution < -0.4 is 5.32 Å². The number of hydrogen-bond donors (Lipinski definition) is 2. The second-order valence-corrected chi connectivity index (χ2v) is 4.52. The number of nitrogens with one attached hydrogen (secondary N) is 1. The number of carbonyl (C=O) groups is 2. The smallest absolute Gasteiger partial charge is 0.317 e. The molecule has 0 fully saturated rings. The van der Waals surface area contributed by atoms with Gasteiger partial charge in [-0.25, -0.2) is 4.79 Å². The van der Waals surface area contributed by atoms with E-state index < -0.39 is 11.9 Å². The van der Waals surface area contributed by atoms with E-state index in [0.29, 0.717) is 25.4 Å². The van der Waals surface area contributed by atoms with Crippen molar-refractivity contribution in [1.82, 2.24) is 10.2 Å². The normalized spacial score (nSPS) is 12.3. The highest BCUT2D eigenvalue weighted by Crippen LogP contribution is 2.11. The van der Waals surface area contributed by atoms with Crippen LogP contribution in [0.25, 0.3) is 0 Å². The van der Waals surface area contributed by atoms with Crippen LogP contribution in [0.15, 0.2) is 0 Å². The van der Waals surface area contributed by atoms with Gasteiger partial charge in [0, 0.05) is 19.6 Å². The minimum Gasteiger partial charge on any atom is -0.481 e. The summed E-state index contributed by atoms with van der Waals surface area (Å²) in [4.78, 5) is 24.3. The van der Waals surface area contributed by atoms with Gasteiger partial charge in [-0.05, 0) is 26.2 Å². The van der Waals surface area contributed by atoms with Crippen molar-refractivity contribution in [3.8, 4) is 0 Å². The Kier molecular flexibility index (Phi) is 7.34. The van der Waals surface area contributed by atoms with Crippen LogP contribution >= 0.6 is 0 Å². The number of aliphatic carboxylic acids is 1. The van der Waals surface area contributed by atoms with Crippen LogP contribution in [0.1, 0.15) is 34.1 Å². The Balaban J connectivity index is 4.21. The molecule has 1 atom stereocenters. The van der Waals surface area contributed by atoms with E-state index in [-0.39, 0.29) is 12.6 Å². The fourth-order valence-electron chi connectivity index (χ4n) is 1.67. The van der Waals surface area contributed by atoms with E-state index in [1.807, 2.05) is 27.7 Å². The van der Waals surface area contributed by atoms with Gasteiger partial charge < -0.3 is 15.3 Å². The van der Waals surface area contributed by atoms with Crippen molar-refractivity contribution < 1.29 is 14.7 Å². The molecule has 0 saturated heterocycles. The van der Waals surface area contributed by atoms with E-state index in [9.17, 15) is 9.59 Å². The Morgan fingerprint density at radius 3 is 2.12 bits per heavy atom. The lowest BCUT2D eigenvalue weighted by Crippen LogP contribution is -2.42. The quantitative estimate of drug-likeness (QED) is 0.717. The van der Waals surface area contributed by atoms with Gasteiger partial charge in [-0.1, -0.05) is 13.8 Å². The number of carboxylic acid groups (broad SMARTS) is 1. The molecular formula is C12H24N2O3. The van der Waals surface area contributed by atoms with E-state index in [2.05, 4.69) is 5.32 Å². The number of carboxylic acids is 1. The summed E-state index contributed by atoms with van der Waals surface area (Å²) in [7, 11) is 0. The van der Waals surface area contributed by atoms with Crippen LogP contribution in [0, 0.1) is 11.8 Å². The van der Waals surface area contributed by atoms with Gasteiger partial charge in [-0.2, -0.15) is 0 Å². The monoisotopic (exact) mass is 244 g/mol. The van der Waals surface area contributed by atoms with E-state index in [1.54, 1.807) is 4.90 Å². The average molecular weight is 244 g/mol. The fraction of sp³-hybridized carbons (Fsp3) is 0.833. The molecule has 17 heavy (non-hydrogen) atoms. The second-order valence-electron chi connectivity index (χ2n) is 4.52. The van der Waals surface area contributed by atoms with Crippen molar-refractivity contribution in [3.05, 3.63) is 0 Å². The molecule has 5 heteroatoms. The maximum atomic E-state index is 11.6. The van der Waals surface area contributed by atoms with Gasteiger partial charge in [-0.15, -0.1) is 0 Å². The molecule has 0 aromatic heterocycles. The second kappa shape index (κ2) is 7.92. The van der Waals surface area contributed by atoms with Gasteiger partial charge in [0.1, 0.15) is 0 Å². The molecule has 0 aliphatic carbocycles. The molecule has 0 radical (unpaired) electrons. The molecule has 0 rings (SSSR count). The predicted octanol–water partition coefficient (Wildman–Crippen LogP) is 1.78. The minimum atomic E-state index is -0.849. The Hall–Kier alpha value is -1.26. The van der Waals surface area contributed by atoms with Crippen LogP contribution in [0.3, 0.4) is 0 Å². The topological polar surface area (TPSA) is 69.6 Å². The Morgan fingerprint density at radius 1 is 1.24 bits per heavy atom. The molecular weight excluding hydrogens is 220 g/mol. The van der Waals surface area contributed by atoms with Crippen molar-refractivity contribution in [3.63, 3.8) is 0 Å². The van der Waals surface area contributed by atoms with Crippen molar-refractivity contribution in [2.45, 2.75) is 34.1 Å². The molecule has 0 aromatic rings. The number of rotatable bonds is 7. The first-order chi connectivity index (χ1) is 7.92. The van der Waals surface area contributed by atoms with E-state index >= 15 is 0 Å². The van der Waals surface area contributed by atoms with Gasteiger partial charge in [-0.3, -0.25) is 4.79 Å². The highest BCUT2D eigenvalue weighted by atomic mass is 16.4. The average Bonchev–Trinajstić information content (AvgIpc) is 2.25. The third-order valence-electron chi connectivity index (χ3n) is 2.66. The third-order valence-corrected chi connectivity index (χ3v) is 2.66. The lowest BCUT2D eigenvalue weighted by molar-refractivity contribution is -0.142. The largest absolute Gasteiger partial charge is 0.481 e. The summed E-state index contributed by atoms with van der Waals surface area (Å²) in [5, 5.41) is 11.7. The molecule has 5 nitrogen and oxygen atoms in total. The van der Waals surface area contributed by atoms with E-state index in [0.717, 1.165) is 0 Å². The first kappa shape index (κ1) is 15.7. The number of urea groups is 1. The first-order valence-electron chi connectivity index (χ1n) is 6.17. The Labute approximate surface area is 103 Å². The summed E-state index contributed by atoms with van der Waals surface area (Å²) in [6.45, 7) is 9.19. The Morgan fingerprint density at radius 2 is 1.76 bits per heavy atom. The molecule has 0 bridgehead atoms. The van der Waals surface area contributed by atoms with Gasteiger partial charge in [0.05, 0.1) is 5.92 Å². The van der Waals surface area contributed by atoms with E-state index in [4.69, 9.17) is 5.11 Å². The Bertz CT molecular complexity index is 250. The third kappa shape index (κ3) is 6.14. The maximum Gasteiger partial charge on any atom is 0.317 e. The summed E-state index contributed by atoms with van der Waals surface area (Å²) in [5.41, 5.74) is 0. The zero-order valence-electron chi connectivity index (χ0n) is 11.2. The van der Waals surface area contributed by atoms with Gasteiger partial charge in [0.25, 0.3) is 0 Å². The molecule has 2 N–H and O–H groups in total. The SMILES string of the molecule is CCN(CC)C(=O)NCC(CC(C)C)C(=O)O. The first-order valence-corrected chi connectivity index (χ1v) is 6.17. The van der Waals surface area contributed by atoms with Crippen molar-refractivity contribution in [2.24, 2.45) is 11.8 Å². The summed E-state index contributed by atoms with van der Waals surface area (Å²) in [5.74, 6) is -1.05. The number of nitrogens with zero attached hydrogens (tertiary/aromatic N) is 1. The molecule has 0 aliphatic rings. The summed E-state index contributed by atoms with van der Waals surface area (Å²) in [6, 6.07) is -0.190. The maximum absolute atomic E-state index is 11.6. The molecule has 2 amide bonds. The van der Waals surface area contributed by atoms with Gasteiger partial charge in [0.15, 0.2) is 0 Å². The summed E-state index contributed by atoms with van der Waals surface area (Å²) >= 11 is 0. The standard InChI is InChI=1S/C12H24N2O3/c1-5-14(6-2)12(17)13-8-10(11(15)16)7-9(3)4/h9-10H,5-8H2,1-4H3,(H,13,17)(H,15,16). The number of hydrogen-bond acceptors (Lipinski definition) is 2. The molecule has 0 spiro atoms. The van der Waals surface area contributed by atoms with Crippen LogP contribution in [-0.2, 0) is 4.79 Å². The predicted molar refractivity (Wildman–Crippen MR) is 66.9 cm³/mol. The zero-order chi connectivity index (χ0) is 13.4. The molecule has 0 heterocycles. The summed E-state index contributed by atoms with van der Waals surface area (Å²) < 4.78 is 0. The fourth-order valence-corrected chi connectivity index (χ4v) is 1.67. The van der Waals surface area contributed by atoms with Gasteiger partial charge >= 0.3 is 12.0 Å². The van der Waals surface area contributed by atoms with Crippen molar-refractivity contribution in [1.29, 1.82) is 0 Å². The number of amides is 2. The van der Waals surface area contributed by atoms with Crippen LogP contribution in [-0.4, -0.2) is 41.6 Å². The molecule has 100 valence electrons. The lowest BCUT2D eigenvalue weighted by atomic mass is 9.97. The molecule has 0 aliphatic heterocycles. The highest BCUT2D eigenvalue weighted by Gasteiger charge is 2.20. The van der Waals surface area contributed by atoms with Crippen molar-refractivity contribution in [2.75, 3.05) is 19.6 Å². The van der Waals surface area contributed by atoms with Crippen LogP contribution in [0.2, 0.25) is 0 Å². The van der Waals surface area contributed by atoms with Crippen LogP contribution in [0.4, 0.5) is 4.79 Å². The summed E-state index contributed by atoms with van der Waals surface area (Å²) in [6.07, 6.45) is 0.577. The molecule has 1 unspecified atom stereocenters. The molecule has 0 aromatic carbocycles. The highest BCUT2D eigenvalue weighted by molar-refractivity contribution is 5.76. The minimum absolute atomic E-state index is 0.190. The number of carbonyl (C=O) groups excluding carboxylic acids is 1.